The van der Waals surface area contributed by atoms with E-state index in [2.05, 4.69) is 39.6 Å². The Bertz CT molecular complexity index is 426. The van der Waals surface area contributed by atoms with Gasteiger partial charge in [-0.15, -0.1) is 5.53 Å². The van der Waals surface area contributed by atoms with Crippen LogP contribution in [0.1, 0.15) is 24.8 Å². The molecule has 20 heavy (non-hydrogen) atoms. The molecule has 0 aliphatic carbocycles. The molecule has 0 atom stereocenters. The van der Waals surface area contributed by atoms with Crippen molar-refractivity contribution in [3.63, 3.8) is 0 Å². The van der Waals surface area contributed by atoms with Crippen molar-refractivity contribution in [2.75, 3.05) is 25.9 Å². The molecule has 1 aliphatic heterocycles. The Labute approximate surface area is 121 Å². The Hall–Kier alpha value is -1.72. The summed E-state index contributed by atoms with van der Waals surface area (Å²) in [6.07, 6.45) is 6.63. The van der Waals surface area contributed by atoms with Crippen LogP contribution in [0.15, 0.2) is 36.2 Å². The first-order valence-corrected chi connectivity index (χ1v) is 7.26. The molecule has 110 valence electrons. The number of rotatable bonds is 8. The number of unbranched alkanes of at least 4 members (excludes halogenated alkanes) is 1. The summed E-state index contributed by atoms with van der Waals surface area (Å²) >= 11 is 0. The molecule has 5 N–H and O–H groups in total. The number of anilines is 1. The number of nitrogen functional groups attached to an aromatic ring is 1. The third-order valence-electron chi connectivity index (χ3n) is 3.41. The molecule has 0 spiro atoms. The summed E-state index contributed by atoms with van der Waals surface area (Å²) in [6.45, 7) is 2.01. The van der Waals surface area contributed by atoms with Crippen LogP contribution in [-0.4, -0.2) is 25.1 Å². The van der Waals surface area contributed by atoms with Crippen molar-refractivity contribution in [2.24, 2.45) is 0 Å². The summed E-state index contributed by atoms with van der Waals surface area (Å²) in [5, 5.41) is 5.27. The largest absolute Gasteiger partial charge is 0.399 e. The van der Waals surface area contributed by atoms with Crippen molar-refractivity contribution in [3.8, 4) is 0 Å². The zero-order chi connectivity index (χ0) is 14.2. The molecule has 0 amide bonds. The monoisotopic (exact) mass is 275 g/mol. The molecule has 5 nitrogen and oxygen atoms in total. The number of nitrogens with zero attached hydrogens (tertiary/aromatic N) is 1. The van der Waals surface area contributed by atoms with Crippen molar-refractivity contribution >= 4 is 5.69 Å². The molecule has 0 aromatic heterocycles. The maximum Gasteiger partial charge on any atom is 0.0466 e. The molecule has 0 fully saturated rings. The number of hydrogen-bond donors (Lipinski definition) is 4. The predicted molar refractivity (Wildman–Crippen MR) is 83.4 cm³/mol. The molecule has 0 radical (unpaired) electrons. The summed E-state index contributed by atoms with van der Waals surface area (Å²) in [5.74, 6) is 0. The minimum atomic E-state index is 0.834. The number of hydrogen-bond acceptors (Lipinski definition) is 5. The highest BCUT2D eigenvalue weighted by Gasteiger charge is 2.09. The number of aryl methyl sites for hydroxylation is 1. The molecule has 1 aliphatic rings. The standard InChI is InChI=1S/C15H25N5/c1-17-10-9-15-12-20(19-18-15)11-3-2-4-13-5-7-14(16)8-6-13/h5-8,12,17-19H,2-4,9-11,16H2,1H3. The Morgan fingerprint density at radius 2 is 1.95 bits per heavy atom. The fraction of sp³-hybridized carbons (Fsp3) is 0.467. The van der Waals surface area contributed by atoms with Crippen LogP contribution in [0.3, 0.4) is 0 Å². The molecule has 1 heterocycles. The van der Waals surface area contributed by atoms with Gasteiger partial charge in [-0.3, -0.25) is 5.01 Å². The lowest BCUT2D eigenvalue weighted by Crippen LogP contribution is -2.37. The maximum absolute atomic E-state index is 5.68. The van der Waals surface area contributed by atoms with Crippen molar-refractivity contribution in [1.82, 2.24) is 21.3 Å². The van der Waals surface area contributed by atoms with Crippen molar-refractivity contribution in [1.29, 1.82) is 0 Å². The lowest BCUT2D eigenvalue weighted by molar-refractivity contribution is 0.265. The number of nitrogens with one attached hydrogen (secondary N) is 3. The van der Waals surface area contributed by atoms with E-state index in [0.29, 0.717) is 0 Å². The van der Waals surface area contributed by atoms with Crippen molar-refractivity contribution < 1.29 is 0 Å². The molecule has 0 saturated carbocycles. The molecule has 0 bridgehead atoms. The van der Waals surface area contributed by atoms with Gasteiger partial charge in [-0.25, -0.2) is 0 Å². The van der Waals surface area contributed by atoms with Crippen LogP contribution >= 0.6 is 0 Å². The SMILES string of the molecule is CNCCC1=CN(CCCCc2ccc(N)cc2)NN1. The molecule has 0 saturated heterocycles. The Morgan fingerprint density at radius 1 is 1.15 bits per heavy atom. The molecular weight excluding hydrogens is 250 g/mol. The van der Waals surface area contributed by atoms with Crippen LogP contribution < -0.4 is 22.0 Å². The van der Waals surface area contributed by atoms with E-state index < -0.39 is 0 Å². The first-order chi connectivity index (χ1) is 9.78. The van der Waals surface area contributed by atoms with Gasteiger partial charge < -0.3 is 16.5 Å². The lowest BCUT2D eigenvalue weighted by Gasteiger charge is -2.14. The van der Waals surface area contributed by atoms with Gasteiger partial charge in [0, 0.05) is 37.1 Å². The van der Waals surface area contributed by atoms with Crippen LogP contribution in [0.4, 0.5) is 5.69 Å². The fourth-order valence-corrected chi connectivity index (χ4v) is 2.20. The zero-order valence-corrected chi connectivity index (χ0v) is 12.2. The van der Waals surface area contributed by atoms with E-state index in [1.165, 1.54) is 17.7 Å². The van der Waals surface area contributed by atoms with Crippen LogP contribution in [-0.2, 0) is 6.42 Å². The molecule has 0 unspecified atom stereocenters. The minimum absolute atomic E-state index is 0.834. The van der Waals surface area contributed by atoms with E-state index >= 15 is 0 Å². The van der Waals surface area contributed by atoms with Crippen molar-refractivity contribution in [2.45, 2.75) is 25.7 Å². The molecule has 1 aromatic carbocycles. The Balaban J connectivity index is 1.62. The highest BCUT2D eigenvalue weighted by molar-refractivity contribution is 5.39. The van der Waals surface area contributed by atoms with Gasteiger partial charge in [0.15, 0.2) is 0 Å². The summed E-state index contributed by atoms with van der Waals surface area (Å²) < 4.78 is 0. The first-order valence-electron chi connectivity index (χ1n) is 7.26. The molecular formula is C15H25N5. The first kappa shape index (κ1) is 14.7. The molecule has 1 aromatic rings. The number of benzene rings is 1. The highest BCUT2D eigenvalue weighted by atomic mass is 15.7. The summed E-state index contributed by atoms with van der Waals surface area (Å²) in [7, 11) is 1.97. The van der Waals surface area contributed by atoms with Gasteiger partial charge in [-0.05, 0) is 44.0 Å². The number of hydrazine groups is 2. The second-order valence-corrected chi connectivity index (χ2v) is 5.14. The van der Waals surface area contributed by atoms with Crippen LogP contribution in [0.25, 0.3) is 0 Å². The summed E-state index contributed by atoms with van der Waals surface area (Å²) in [4.78, 5) is 0. The summed E-state index contributed by atoms with van der Waals surface area (Å²) in [5.41, 5.74) is 15.5. The van der Waals surface area contributed by atoms with Gasteiger partial charge in [-0.1, -0.05) is 12.1 Å². The Kier molecular flexibility index (Phi) is 5.70. The second kappa shape index (κ2) is 7.77. The maximum atomic E-state index is 5.68. The normalized spacial score (nSPS) is 14.2. The molecule has 5 heteroatoms. The second-order valence-electron chi connectivity index (χ2n) is 5.14. The lowest BCUT2D eigenvalue weighted by atomic mass is 10.1. The average molecular weight is 275 g/mol. The van der Waals surface area contributed by atoms with E-state index in [9.17, 15) is 0 Å². The van der Waals surface area contributed by atoms with Gasteiger partial charge in [0.1, 0.15) is 0 Å². The smallest absolute Gasteiger partial charge is 0.0466 e. The predicted octanol–water partition coefficient (Wildman–Crippen LogP) is 1.37. The van der Waals surface area contributed by atoms with Gasteiger partial charge in [0.25, 0.3) is 0 Å². The van der Waals surface area contributed by atoms with E-state index in [1.807, 2.05) is 19.2 Å². The quantitative estimate of drug-likeness (QED) is 0.426. The van der Waals surface area contributed by atoms with E-state index in [1.54, 1.807) is 0 Å². The topological polar surface area (TPSA) is 65.3 Å². The van der Waals surface area contributed by atoms with Crippen molar-refractivity contribution in [3.05, 3.63) is 41.7 Å². The fourth-order valence-electron chi connectivity index (χ4n) is 2.20. The van der Waals surface area contributed by atoms with Gasteiger partial charge >= 0.3 is 0 Å². The zero-order valence-electron chi connectivity index (χ0n) is 12.2. The van der Waals surface area contributed by atoms with Gasteiger partial charge in [-0.2, -0.15) is 0 Å². The van der Waals surface area contributed by atoms with E-state index in [4.69, 9.17) is 5.73 Å². The Morgan fingerprint density at radius 3 is 2.70 bits per heavy atom. The summed E-state index contributed by atoms with van der Waals surface area (Å²) in [6, 6.07) is 8.16. The van der Waals surface area contributed by atoms with Gasteiger partial charge in [0.05, 0.1) is 0 Å². The van der Waals surface area contributed by atoms with Crippen LogP contribution in [0.5, 0.6) is 0 Å². The number of nitrogens with two attached hydrogens (primary N) is 1. The van der Waals surface area contributed by atoms with Crippen LogP contribution in [0.2, 0.25) is 0 Å². The average Bonchev–Trinajstić information content (AvgIpc) is 2.91. The van der Waals surface area contributed by atoms with Gasteiger partial charge in [0.2, 0.25) is 0 Å². The third kappa shape index (κ3) is 4.75. The third-order valence-corrected chi connectivity index (χ3v) is 3.41. The van der Waals surface area contributed by atoms with E-state index in [-0.39, 0.29) is 0 Å². The van der Waals surface area contributed by atoms with Crippen LogP contribution in [0, 0.1) is 0 Å². The molecule has 2 rings (SSSR count). The van der Waals surface area contributed by atoms with E-state index in [0.717, 1.165) is 38.0 Å². The highest BCUT2D eigenvalue weighted by Crippen LogP contribution is 2.10. The minimum Gasteiger partial charge on any atom is -0.399 e.